The van der Waals surface area contributed by atoms with E-state index in [0.29, 0.717) is 19.8 Å². The van der Waals surface area contributed by atoms with Gasteiger partial charge in [0.25, 0.3) is 0 Å². The van der Waals surface area contributed by atoms with Crippen molar-refractivity contribution in [3.63, 3.8) is 0 Å². The molecule has 7 heteroatoms. The van der Waals surface area contributed by atoms with Crippen molar-refractivity contribution < 1.29 is 17.9 Å². The highest BCUT2D eigenvalue weighted by Crippen LogP contribution is 2.18. The molecule has 0 aromatic heterocycles. The van der Waals surface area contributed by atoms with Crippen molar-refractivity contribution in [3.8, 4) is 0 Å². The molecule has 0 radical (unpaired) electrons. The van der Waals surface area contributed by atoms with Gasteiger partial charge in [-0.25, -0.2) is 8.42 Å². The summed E-state index contributed by atoms with van der Waals surface area (Å²) >= 11 is 0. The fourth-order valence-corrected chi connectivity index (χ4v) is 5.34. The number of likely N-dealkylation sites (tertiary alicyclic amines) is 1. The number of carbonyl (C=O) groups excluding carboxylic acids is 1. The van der Waals surface area contributed by atoms with Crippen LogP contribution in [0.25, 0.3) is 0 Å². The van der Waals surface area contributed by atoms with E-state index in [1.54, 1.807) is 30.3 Å². The first kappa shape index (κ1) is 21.3. The standard InChI is InChI=1S/C21H32N2O4S/c24-21(11-18-28(25,26)20-7-2-1-3-8-20)23(19-9-16-27-17-10-19)15-6-14-22-12-4-5-13-22/h1-3,7-8,19H,4-6,9-18H2. The summed E-state index contributed by atoms with van der Waals surface area (Å²) in [6, 6.07) is 8.55. The van der Waals surface area contributed by atoms with Crippen LogP contribution in [-0.2, 0) is 19.4 Å². The molecule has 0 N–H and O–H groups in total. The van der Waals surface area contributed by atoms with Crippen LogP contribution in [0.4, 0.5) is 0 Å². The molecule has 0 bridgehead atoms. The minimum absolute atomic E-state index is 0.0400. The van der Waals surface area contributed by atoms with Crippen molar-refractivity contribution >= 4 is 15.7 Å². The van der Waals surface area contributed by atoms with E-state index in [9.17, 15) is 13.2 Å². The van der Waals surface area contributed by atoms with E-state index < -0.39 is 9.84 Å². The second-order valence-corrected chi connectivity index (χ2v) is 9.82. The van der Waals surface area contributed by atoms with Crippen molar-refractivity contribution in [1.29, 1.82) is 0 Å². The van der Waals surface area contributed by atoms with E-state index in [4.69, 9.17) is 4.74 Å². The van der Waals surface area contributed by atoms with E-state index in [1.165, 1.54) is 12.8 Å². The van der Waals surface area contributed by atoms with Gasteiger partial charge in [-0.1, -0.05) is 18.2 Å². The van der Waals surface area contributed by atoms with Crippen molar-refractivity contribution in [1.82, 2.24) is 9.80 Å². The van der Waals surface area contributed by atoms with Gasteiger partial charge >= 0.3 is 0 Å². The zero-order valence-corrected chi connectivity index (χ0v) is 17.4. The Morgan fingerprint density at radius 1 is 1.11 bits per heavy atom. The average molecular weight is 409 g/mol. The lowest BCUT2D eigenvalue weighted by Gasteiger charge is -2.35. The zero-order valence-electron chi connectivity index (χ0n) is 16.6. The third-order valence-corrected chi connectivity index (χ3v) is 7.44. The van der Waals surface area contributed by atoms with Crippen LogP contribution in [0.3, 0.4) is 0 Å². The lowest BCUT2D eigenvalue weighted by molar-refractivity contribution is -0.135. The molecule has 0 unspecified atom stereocenters. The number of benzene rings is 1. The maximum absolute atomic E-state index is 13.0. The molecule has 28 heavy (non-hydrogen) atoms. The molecule has 156 valence electrons. The monoisotopic (exact) mass is 408 g/mol. The number of amides is 1. The SMILES string of the molecule is O=C(CCS(=O)(=O)c1ccccc1)N(CCCN1CCCC1)C1CCOCC1. The summed E-state index contributed by atoms with van der Waals surface area (Å²) in [6.45, 7) is 5.35. The minimum Gasteiger partial charge on any atom is -0.381 e. The number of rotatable bonds is 9. The molecule has 3 rings (SSSR count). The van der Waals surface area contributed by atoms with Crippen LogP contribution in [0.1, 0.15) is 38.5 Å². The van der Waals surface area contributed by atoms with Crippen molar-refractivity contribution in [3.05, 3.63) is 30.3 Å². The van der Waals surface area contributed by atoms with Gasteiger partial charge in [0.1, 0.15) is 0 Å². The molecule has 2 heterocycles. The van der Waals surface area contributed by atoms with Crippen LogP contribution < -0.4 is 0 Å². The number of hydrogen-bond donors (Lipinski definition) is 0. The molecule has 0 saturated carbocycles. The predicted octanol–water partition coefficient (Wildman–Crippen LogP) is 2.34. The molecular formula is C21H32N2O4S. The van der Waals surface area contributed by atoms with Crippen LogP contribution in [0.5, 0.6) is 0 Å². The maximum atomic E-state index is 13.0. The minimum atomic E-state index is -3.43. The van der Waals surface area contributed by atoms with Crippen LogP contribution >= 0.6 is 0 Å². The van der Waals surface area contributed by atoms with Gasteiger partial charge < -0.3 is 14.5 Å². The summed E-state index contributed by atoms with van der Waals surface area (Å²) in [5, 5.41) is 0. The Morgan fingerprint density at radius 3 is 2.46 bits per heavy atom. The van der Waals surface area contributed by atoms with Gasteiger partial charge in [0, 0.05) is 32.2 Å². The molecule has 1 aromatic rings. The van der Waals surface area contributed by atoms with E-state index in [1.807, 2.05) is 4.90 Å². The summed E-state index contributed by atoms with van der Waals surface area (Å²) in [5.74, 6) is -0.186. The van der Waals surface area contributed by atoms with Crippen LogP contribution in [0.15, 0.2) is 35.2 Å². The first-order valence-corrected chi connectivity index (χ1v) is 12.1. The summed E-state index contributed by atoms with van der Waals surface area (Å²) in [7, 11) is -3.43. The topological polar surface area (TPSA) is 66.9 Å². The summed E-state index contributed by atoms with van der Waals surface area (Å²) in [5.41, 5.74) is 0. The largest absolute Gasteiger partial charge is 0.381 e. The Kier molecular flexibility index (Phi) is 7.88. The summed E-state index contributed by atoms with van der Waals surface area (Å²) in [6.07, 6.45) is 5.18. The highest BCUT2D eigenvalue weighted by Gasteiger charge is 2.27. The van der Waals surface area contributed by atoms with Gasteiger partial charge in [-0.05, 0) is 63.9 Å². The number of ether oxygens (including phenoxy) is 1. The molecule has 6 nitrogen and oxygen atoms in total. The number of hydrogen-bond acceptors (Lipinski definition) is 5. The quantitative estimate of drug-likeness (QED) is 0.627. The lowest BCUT2D eigenvalue weighted by Crippen LogP contribution is -2.45. The van der Waals surface area contributed by atoms with E-state index in [2.05, 4.69) is 4.90 Å². The van der Waals surface area contributed by atoms with Crippen molar-refractivity contribution in [2.75, 3.05) is 45.1 Å². The van der Waals surface area contributed by atoms with Crippen LogP contribution in [0, 0.1) is 0 Å². The van der Waals surface area contributed by atoms with Gasteiger partial charge in [0.2, 0.25) is 5.91 Å². The smallest absolute Gasteiger partial charge is 0.223 e. The lowest BCUT2D eigenvalue weighted by atomic mass is 10.1. The summed E-state index contributed by atoms with van der Waals surface area (Å²) in [4.78, 5) is 17.6. The van der Waals surface area contributed by atoms with Crippen LogP contribution in [-0.4, -0.2) is 75.3 Å². The van der Waals surface area contributed by atoms with Gasteiger partial charge in [0.05, 0.1) is 10.6 Å². The Labute approximate surface area is 168 Å². The van der Waals surface area contributed by atoms with E-state index in [-0.39, 0.29) is 29.0 Å². The Balaban J connectivity index is 1.57. The summed E-state index contributed by atoms with van der Waals surface area (Å²) < 4.78 is 30.5. The molecule has 1 aromatic carbocycles. The molecule has 0 atom stereocenters. The van der Waals surface area contributed by atoms with Gasteiger partial charge in [-0.15, -0.1) is 0 Å². The fraction of sp³-hybridized carbons (Fsp3) is 0.667. The number of carbonyl (C=O) groups is 1. The third-order valence-electron chi connectivity index (χ3n) is 5.71. The van der Waals surface area contributed by atoms with Gasteiger partial charge in [-0.2, -0.15) is 0 Å². The molecule has 2 fully saturated rings. The second-order valence-electron chi connectivity index (χ2n) is 7.71. The Bertz CT molecular complexity index is 711. The number of nitrogens with zero attached hydrogens (tertiary/aromatic N) is 2. The fourth-order valence-electron chi connectivity index (χ4n) is 4.09. The Morgan fingerprint density at radius 2 is 1.79 bits per heavy atom. The maximum Gasteiger partial charge on any atom is 0.223 e. The highest BCUT2D eigenvalue weighted by atomic mass is 32.2. The molecule has 0 aliphatic carbocycles. The molecule has 2 aliphatic rings. The van der Waals surface area contributed by atoms with Gasteiger partial charge in [-0.3, -0.25) is 4.79 Å². The molecule has 2 aliphatic heterocycles. The highest BCUT2D eigenvalue weighted by molar-refractivity contribution is 7.91. The first-order valence-electron chi connectivity index (χ1n) is 10.4. The molecule has 0 spiro atoms. The van der Waals surface area contributed by atoms with Crippen molar-refractivity contribution in [2.24, 2.45) is 0 Å². The second kappa shape index (κ2) is 10.4. The molecular weight excluding hydrogens is 376 g/mol. The first-order chi connectivity index (χ1) is 13.6. The number of sulfone groups is 1. The van der Waals surface area contributed by atoms with E-state index in [0.717, 1.165) is 38.9 Å². The van der Waals surface area contributed by atoms with Gasteiger partial charge in [0.15, 0.2) is 9.84 Å². The zero-order chi connectivity index (χ0) is 19.8. The van der Waals surface area contributed by atoms with Crippen molar-refractivity contribution in [2.45, 2.75) is 49.5 Å². The predicted molar refractivity (Wildman–Crippen MR) is 109 cm³/mol. The Hall–Kier alpha value is -1.44. The normalized spacial score (nSPS) is 19.0. The van der Waals surface area contributed by atoms with E-state index >= 15 is 0 Å². The average Bonchev–Trinajstić information content (AvgIpc) is 3.24. The third kappa shape index (κ3) is 6.03. The van der Waals surface area contributed by atoms with Crippen LogP contribution in [0.2, 0.25) is 0 Å². The molecule has 1 amide bonds. The molecule has 2 saturated heterocycles.